The fourth-order valence-electron chi connectivity index (χ4n) is 3.24. The lowest BCUT2D eigenvalue weighted by Gasteiger charge is -2.03. The SMILES string of the molecule is O=C(Nc1nc2c(s1)-c1cccc3cccc-2c13)c1ccc(Br)cc1. The van der Waals surface area contributed by atoms with Crippen LogP contribution in [0.15, 0.2) is 65.1 Å². The standard InChI is InChI=1S/C20H11BrN2OS/c21-13-9-7-12(8-10-13)19(24)23-20-22-17-14-5-1-3-11-4-2-6-15(16(11)14)18(17)25-20/h1-10H,(H,22,23,24). The quantitative estimate of drug-likeness (QED) is 0.392. The van der Waals surface area contributed by atoms with E-state index in [1.165, 1.54) is 27.7 Å². The van der Waals surface area contributed by atoms with Crippen molar-refractivity contribution < 1.29 is 4.79 Å². The molecule has 120 valence electrons. The number of nitrogens with one attached hydrogen (secondary N) is 1. The lowest BCUT2D eigenvalue weighted by Crippen LogP contribution is -2.11. The molecule has 1 heterocycles. The molecule has 1 aliphatic rings. The molecule has 0 atom stereocenters. The number of halogens is 1. The normalized spacial score (nSPS) is 11.6. The summed E-state index contributed by atoms with van der Waals surface area (Å²) in [6, 6.07) is 19.9. The Kier molecular flexibility index (Phi) is 3.26. The smallest absolute Gasteiger partial charge is 0.257 e. The number of fused-ring (bicyclic) bond motifs is 3. The van der Waals surface area contributed by atoms with Crippen LogP contribution >= 0.6 is 27.3 Å². The number of anilines is 1. The Hall–Kier alpha value is -2.50. The molecule has 1 amide bonds. The summed E-state index contributed by atoms with van der Waals surface area (Å²) in [5, 5.41) is 6.03. The van der Waals surface area contributed by atoms with Crippen molar-refractivity contribution in [3.05, 3.63) is 70.7 Å². The molecule has 1 aromatic heterocycles. The van der Waals surface area contributed by atoms with Gasteiger partial charge in [0.2, 0.25) is 0 Å². The number of carbonyl (C=O) groups excluding carboxylic acids is 1. The lowest BCUT2D eigenvalue weighted by atomic mass is 10.0. The Morgan fingerprint density at radius 2 is 1.68 bits per heavy atom. The second kappa shape index (κ2) is 5.51. The van der Waals surface area contributed by atoms with Crippen LogP contribution in [0.5, 0.6) is 0 Å². The van der Waals surface area contributed by atoms with E-state index in [1.807, 2.05) is 12.1 Å². The van der Waals surface area contributed by atoms with Crippen molar-refractivity contribution in [1.82, 2.24) is 4.98 Å². The molecule has 5 heteroatoms. The number of thiazole rings is 1. The number of hydrogen-bond acceptors (Lipinski definition) is 3. The van der Waals surface area contributed by atoms with Gasteiger partial charge < -0.3 is 0 Å². The van der Waals surface area contributed by atoms with Gasteiger partial charge in [0.1, 0.15) is 0 Å². The van der Waals surface area contributed by atoms with Gasteiger partial charge in [0.05, 0.1) is 10.6 Å². The summed E-state index contributed by atoms with van der Waals surface area (Å²) in [7, 11) is 0. The summed E-state index contributed by atoms with van der Waals surface area (Å²) < 4.78 is 0.946. The largest absolute Gasteiger partial charge is 0.298 e. The highest BCUT2D eigenvalue weighted by molar-refractivity contribution is 9.10. The van der Waals surface area contributed by atoms with E-state index in [1.54, 1.807) is 12.1 Å². The molecule has 5 rings (SSSR count). The summed E-state index contributed by atoms with van der Waals surface area (Å²) >= 11 is 4.90. The van der Waals surface area contributed by atoms with E-state index >= 15 is 0 Å². The maximum atomic E-state index is 12.4. The van der Waals surface area contributed by atoms with Crippen LogP contribution in [0.1, 0.15) is 10.4 Å². The van der Waals surface area contributed by atoms with Gasteiger partial charge in [-0.2, -0.15) is 0 Å². The van der Waals surface area contributed by atoms with E-state index in [0.29, 0.717) is 10.7 Å². The van der Waals surface area contributed by atoms with Crippen LogP contribution in [0.25, 0.3) is 32.5 Å². The van der Waals surface area contributed by atoms with Crippen molar-refractivity contribution in [1.29, 1.82) is 0 Å². The Balaban J connectivity index is 1.53. The molecular formula is C20H11BrN2OS. The van der Waals surface area contributed by atoms with Gasteiger partial charge in [-0.05, 0) is 35.0 Å². The fraction of sp³-hybridized carbons (Fsp3) is 0. The van der Waals surface area contributed by atoms with Crippen LogP contribution in [-0.4, -0.2) is 10.9 Å². The van der Waals surface area contributed by atoms with Gasteiger partial charge in [0.25, 0.3) is 5.91 Å². The van der Waals surface area contributed by atoms with Crippen molar-refractivity contribution in [2.75, 3.05) is 5.32 Å². The third-order valence-electron chi connectivity index (χ3n) is 4.36. The first-order valence-corrected chi connectivity index (χ1v) is 9.42. The molecule has 0 aliphatic heterocycles. The zero-order valence-electron chi connectivity index (χ0n) is 12.9. The number of benzene rings is 3. The predicted molar refractivity (Wildman–Crippen MR) is 106 cm³/mol. The molecule has 1 aliphatic carbocycles. The van der Waals surface area contributed by atoms with E-state index in [0.717, 1.165) is 20.6 Å². The molecule has 1 N–H and O–H groups in total. The molecule has 3 aromatic carbocycles. The molecule has 4 aromatic rings. The molecule has 0 unspecified atom stereocenters. The predicted octanol–water partition coefficient (Wildman–Crippen LogP) is 5.96. The molecular weight excluding hydrogens is 396 g/mol. The van der Waals surface area contributed by atoms with Crippen LogP contribution in [0, 0.1) is 0 Å². The van der Waals surface area contributed by atoms with E-state index < -0.39 is 0 Å². The van der Waals surface area contributed by atoms with Crippen LogP contribution in [0.2, 0.25) is 0 Å². The highest BCUT2D eigenvalue weighted by Crippen LogP contribution is 2.50. The number of carbonyl (C=O) groups is 1. The van der Waals surface area contributed by atoms with Crippen molar-refractivity contribution >= 4 is 49.1 Å². The molecule has 0 spiro atoms. The van der Waals surface area contributed by atoms with Crippen LogP contribution in [-0.2, 0) is 0 Å². The van der Waals surface area contributed by atoms with Crippen molar-refractivity contribution in [3.8, 4) is 21.7 Å². The third kappa shape index (κ3) is 2.31. The Morgan fingerprint density at radius 1 is 0.960 bits per heavy atom. The number of rotatable bonds is 2. The molecule has 25 heavy (non-hydrogen) atoms. The van der Waals surface area contributed by atoms with Crippen LogP contribution < -0.4 is 5.32 Å². The lowest BCUT2D eigenvalue weighted by molar-refractivity contribution is 0.102. The zero-order chi connectivity index (χ0) is 17.0. The number of hydrogen-bond donors (Lipinski definition) is 1. The number of nitrogens with zero attached hydrogens (tertiary/aromatic N) is 1. The molecule has 0 bridgehead atoms. The van der Waals surface area contributed by atoms with E-state index in [9.17, 15) is 4.79 Å². The summed E-state index contributed by atoms with van der Waals surface area (Å²) in [4.78, 5) is 18.2. The monoisotopic (exact) mass is 406 g/mol. The first-order chi connectivity index (χ1) is 12.2. The summed E-state index contributed by atoms with van der Waals surface area (Å²) in [5.41, 5.74) is 3.91. The number of aromatic nitrogens is 1. The van der Waals surface area contributed by atoms with E-state index in [-0.39, 0.29) is 5.91 Å². The Morgan fingerprint density at radius 3 is 2.44 bits per heavy atom. The minimum atomic E-state index is -0.147. The third-order valence-corrected chi connectivity index (χ3v) is 5.89. The van der Waals surface area contributed by atoms with Crippen molar-refractivity contribution in [3.63, 3.8) is 0 Å². The zero-order valence-corrected chi connectivity index (χ0v) is 15.3. The van der Waals surface area contributed by atoms with Crippen molar-refractivity contribution in [2.24, 2.45) is 0 Å². The second-order valence-corrected chi connectivity index (χ2v) is 7.78. The first kappa shape index (κ1) is 14.8. The minimum absolute atomic E-state index is 0.147. The van der Waals surface area contributed by atoms with E-state index in [4.69, 9.17) is 4.98 Å². The van der Waals surface area contributed by atoms with Gasteiger partial charge in [-0.25, -0.2) is 4.98 Å². The molecule has 3 nitrogen and oxygen atoms in total. The average molecular weight is 407 g/mol. The first-order valence-electron chi connectivity index (χ1n) is 7.81. The van der Waals surface area contributed by atoms with Crippen LogP contribution in [0.3, 0.4) is 0 Å². The Bertz CT molecular complexity index is 1090. The molecule has 0 fully saturated rings. The van der Waals surface area contributed by atoms with Gasteiger partial charge in [-0.1, -0.05) is 63.7 Å². The summed E-state index contributed by atoms with van der Waals surface area (Å²) in [6.07, 6.45) is 0. The van der Waals surface area contributed by atoms with Gasteiger partial charge in [0, 0.05) is 21.2 Å². The van der Waals surface area contributed by atoms with E-state index in [2.05, 4.69) is 57.6 Å². The average Bonchev–Trinajstić information content (AvgIpc) is 3.16. The Labute approximate surface area is 156 Å². The molecule has 0 saturated carbocycles. The topological polar surface area (TPSA) is 42.0 Å². The van der Waals surface area contributed by atoms with Crippen molar-refractivity contribution in [2.45, 2.75) is 0 Å². The highest BCUT2D eigenvalue weighted by atomic mass is 79.9. The summed E-state index contributed by atoms with van der Waals surface area (Å²) in [5.74, 6) is -0.147. The fourth-order valence-corrected chi connectivity index (χ4v) is 4.51. The van der Waals surface area contributed by atoms with Gasteiger partial charge >= 0.3 is 0 Å². The maximum Gasteiger partial charge on any atom is 0.257 e. The minimum Gasteiger partial charge on any atom is -0.298 e. The second-order valence-electron chi connectivity index (χ2n) is 5.87. The van der Waals surface area contributed by atoms with Gasteiger partial charge in [0.15, 0.2) is 5.13 Å². The molecule has 0 radical (unpaired) electrons. The summed E-state index contributed by atoms with van der Waals surface area (Å²) in [6.45, 7) is 0. The van der Waals surface area contributed by atoms with Gasteiger partial charge in [-0.15, -0.1) is 0 Å². The number of amides is 1. The van der Waals surface area contributed by atoms with Gasteiger partial charge in [-0.3, -0.25) is 10.1 Å². The molecule has 0 saturated heterocycles. The highest BCUT2D eigenvalue weighted by Gasteiger charge is 2.26. The maximum absolute atomic E-state index is 12.4. The van der Waals surface area contributed by atoms with Crippen LogP contribution in [0.4, 0.5) is 5.13 Å².